The Labute approximate surface area is 102 Å². The van der Waals surface area contributed by atoms with Crippen LogP contribution in [-0.4, -0.2) is 4.98 Å². The minimum absolute atomic E-state index is 0.0362. The predicted octanol–water partition coefficient (Wildman–Crippen LogP) is 4.59. The molecule has 0 aliphatic heterocycles. The molecule has 1 nitrogen and oxygen atoms in total. The molecule has 0 saturated heterocycles. The molecule has 0 aliphatic rings. The summed E-state index contributed by atoms with van der Waals surface area (Å²) in [6.45, 7) is 0. The van der Waals surface area contributed by atoms with E-state index in [4.69, 9.17) is 0 Å². The van der Waals surface area contributed by atoms with Crippen molar-refractivity contribution in [3.63, 3.8) is 0 Å². The highest BCUT2D eigenvalue weighted by molar-refractivity contribution is 9.10. The molecule has 84 valence electrons. The first kappa shape index (κ1) is 11.6. The van der Waals surface area contributed by atoms with Gasteiger partial charge in [-0.1, -0.05) is 6.07 Å². The summed E-state index contributed by atoms with van der Waals surface area (Å²) < 4.78 is 37.3. The van der Waals surface area contributed by atoms with Gasteiger partial charge in [0.2, 0.25) is 0 Å². The van der Waals surface area contributed by atoms with Gasteiger partial charge in [-0.05, 0) is 33.4 Å². The van der Waals surface area contributed by atoms with Gasteiger partial charge in [0.15, 0.2) is 5.69 Å². The number of hydrogen-bond donors (Lipinski definition) is 0. The van der Waals surface area contributed by atoms with E-state index in [2.05, 4.69) is 20.9 Å². The van der Waals surface area contributed by atoms with Gasteiger partial charge >= 0.3 is 6.18 Å². The Morgan fingerprint density at radius 1 is 1.31 bits per heavy atom. The van der Waals surface area contributed by atoms with Gasteiger partial charge in [0.1, 0.15) is 0 Å². The smallest absolute Gasteiger partial charge is 0.250 e. The number of rotatable bonds is 1. The molecular formula is C10H5BrF3NS. The molecule has 0 aromatic carbocycles. The number of nitrogens with zero attached hydrogens (tertiary/aromatic N) is 1. The van der Waals surface area contributed by atoms with Gasteiger partial charge in [-0.2, -0.15) is 13.2 Å². The van der Waals surface area contributed by atoms with Crippen LogP contribution in [0.4, 0.5) is 13.2 Å². The van der Waals surface area contributed by atoms with Gasteiger partial charge in [0.25, 0.3) is 0 Å². The third-order valence-electron chi connectivity index (χ3n) is 1.92. The molecule has 16 heavy (non-hydrogen) atoms. The van der Waals surface area contributed by atoms with Crippen LogP contribution in [0.5, 0.6) is 0 Å². The Balaban J connectivity index is 2.45. The standard InChI is InChI=1S/C10H5BrF3NS/c11-7-4-6(8-2-1-3-16-8)5-15-9(7)10(12,13)14/h1-5H. The molecule has 0 N–H and O–H groups in total. The van der Waals surface area contributed by atoms with Gasteiger partial charge in [0, 0.05) is 21.1 Å². The van der Waals surface area contributed by atoms with E-state index in [0.717, 1.165) is 4.88 Å². The van der Waals surface area contributed by atoms with E-state index in [1.54, 1.807) is 0 Å². The lowest BCUT2D eigenvalue weighted by Crippen LogP contribution is -2.08. The average molecular weight is 308 g/mol. The number of pyridine rings is 1. The number of hydrogen-bond acceptors (Lipinski definition) is 2. The van der Waals surface area contributed by atoms with Gasteiger partial charge in [0.05, 0.1) is 0 Å². The lowest BCUT2D eigenvalue weighted by atomic mass is 10.2. The fourth-order valence-electron chi connectivity index (χ4n) is 1.22. The van der Waals surface area contributed by atoms with Crippen molar-refractivity contribution in [2.24, 2.45) is 0 Å². The molecule has 0 amide bonds. The molecule has 0 unspecified atom stereocenters. The number of alkyl halides is 3. The van der Waals surface area contributed by atoms with E-state index < -0.39 is 11.9 Å². The predicted molar refractivity (Wildman–Crippen MR) is 60.3 cm³/mol. The topological polar surface area (TPSA) is 12.9 Å². The van der Waals surface area contributed by atoms with Crippen LogP contribution in [0, 0.1) is 0 Å². The molecule has 2 rings (SSSR count). The summed E-state index contributed by atoms with van der Waals surface area (Å²) >= 11 is 4.35. The Morgan fingerprint density at radius 3 is 2.56 bits per heavy atom. The highest BCUT2D eigenvalue weighted by Gasteiger charge is 2.34. The van der Waals surface area contributed by atoms with Crippen LogP contribution < -0.4 is 0 Å². The second kappa shape index (κ2) is 4.18. The van der Waals surface area contributed by atoms with Crippen LogP contribution in [0.15, 0.2) is 34.2 Å². The lowest BCUT2D eigenvalue weighted by Gasteiger charge is -2.08. The Kier molecular flexibility index (Phi) is 3.03. The molecule has 6 heteroatoms. The van der Waals surface area contributed by atoms with Crippen LogP contribution in [0.1, 0.15) is 5.69 Å². The summed E-state index contributed by atoms with van der Waals surface area (Å²) in [6.07, 6.45) is -3.19. The van der Waals surface area contributed by atoms with E-state index in [1.807, 2.05) is 17.5 Å². The quantitative estimate of drug-likeness (QED) is 0.751. The molecule has 0 spiro atoms. The molecule has 0 atom stereocenters. The summed E-state index contributed by atoms with van der Waals surface area (Å²) in [5.74, 6) is 0. The van der Waals surface area contributed by atoms with Crippen molar-refractivity contribution in [3.05, 3.63) is 39.9 Å². The summed E-state index contributed by atoms with van der Waals surface area (Å²) in [5, 5.41) is 1.86. The summed E-state index contributed by atoms with van der Waals surface area (Å²) in [4.78, 5) is 4.33. The van der Waals surface area contributed by atoms with E-state index in [-0.39, 0.29) is 4.47 Å². The fraction of sp³-hybridized carbons (Fsp3) is 0.100. The largest absolute Gasteiger partial charge is 0.434 e. The fourth-order valence-corrected chi connectivity index (χ4v) is 2.51. The van der Waals surface area contributed by atoms with Gasteiger partial charge in [-0.15, -0.1) is 11.3 Å². The van der Waals surface area contributed by atoms with E-state index in [1.165, 1.54) is 23.6 Å². The molecule has 2 aromatic heterocycles. The van der Waals surface area contributed by atoms with Crippen LogP contribution in [0.3, 0.4) is 0 Å². The van der Waals surface area contributed by atoms with E-state index in [9.17, 15) is 13.2 Å². The maximum absolute atomic E-state index is 12.4. The zero-order chi connectivity index (χ0) is 11.8. The third kappa shape index (κ3) is 2.27. The third-order valence-corrected chi connectivity index (χ3v) is 3.44. The summed E-state index contributed by atoms with van der Waals surface area (Å²) in [6, 6.07) is 5.11. The van der Waals surface area contributed by atoms with Crippen LogP contribution in [0.25, 0.3) is 10.4 Å². The second-order valence-electron chi connectivity index (χ2n) is 3.03. The van der Waals surface area contributed by atoms with E-state index in [0.29, 0.717) is 5.56 Å². The summed E-state index contributed by atoms with van der Waals surface area (Å²) in [7, 11) is 0. The Morgan fingerprint density at radius 2 is 2.06 bits per heavy atom. The van der Waals surface area contributed by atoms with Crippen molar-refractivity contribution in [1.82, 2.24) is 4.98 Å². The Bertz CT molecular complexity index is 493. The van der Waals surface area contributed by atoms with Crippen molar-refractivity contribution >= 4 is 27.3 Å². The zero-order valence-electron chi connectivity index (χ0n) is 7.75. The lowest BCUT2D eigenvalue weighted by molar-refractivity contribution is -0.141. The molecule has 0 aliphatic carbocycles. The maximum Gasteiger partial charge on any atom is 0.434 e. The number of halogens is 4. The zero-order valence-corrected chi connectivity index (χ0v) is 10.2. The molecule has 0 bridgehead atoms. The van der Waals surface area contributed by atoms with Crippen molar-refractivity contribution in [3.8, 4) is 10.4 Å². The first-order chi connectivity index (χ1) is 7.48. The highest BCUT2D eigenvalue weighted by atomic mass is 79.9. The van der Waals surface area contributed by atoms with Gasteiger partial charge in [-0.3, -0.25) is 0 Å². The summed E-state index contributed by atoms with van der Waals surface area (Å²) in [5.41, 5.74) is -0.220. The Hall–Kier alpha value is -0.880. The van der Waals surface area contributed by atoms with Crippen molar-refractivity contribution in [2.45, 2.75) is 6.18 Å². The highest BCUT2D eigenvalue weighted by Crippen LogP contribution is 2.35. The number of aromatic nitrogens is 1. The van der Waals surface area contributed by atoms with Crippen LogP contribution >= 0.6 is 27.3 Å². The normalized spacial score (nSPS) is 11.8. The van der Waals surface area contributed by atoms with Crippen molar-refractivity contribution < 1.29 is 13.2 Å². The van der Waals surface area contributed by atoms with Crippen LogP contribution in [0.2, 0.25) is 0 Å². The molecule has 0 radical (unpaired) electrons. The van der Waals surface area contributed by atoms with Crippen LogP contribution in [-0.2, 0) is 6.18 Å². The number of thiophene rings is 1. The van der Waals surface area contributed by atoms with Gasteiger partial charge in [-0.25, -0.2) is 4.98 Å². The SMILES string of the molecule is FC(F)(F)c1ncc(-c2cccs2)cc1Br. The first-order valence-electron chi connectivity index (χ1n) is 4.25. The van der Waals surface area contributed by atoms with Crippen molar-refractivity contribution in [1.29, 1.82) is 0 Å². The first-order valence-corrected chi connectivity index (χ1v) is 5.92. The maximum atomic E-state index is 12.4. The van der Waals surface area contributed by atoms with Crippen molar-refractivity contribution in [2.75, 3.05) is 0 Å². The average Bonchev–Trinajstić information content (AvgIpc) is 2.68. The minimum Gasteiger partial charge on any atom is -0.250 e. The molecule has 0 fully saturated rings. The van der Waals surface area contributed by atoms with E-state index >= 15 is 0 Å². The molecular weight excluding hydrogens is 303 g/mol. The molecule has 2 heterocycles. The monoisotopic (exact) mass is 307 g/mol. The molecule has 0 saturated carbocycles. The molecule has 2 aromatic rings. The minimum atomic E-state index is -4.42. The second-order valence-corrected chi connectivity index (χ2v) is 4.83. The van der Waals surface area contributed by atoms with Gasteiger partial charge < -0.3 is 0 Å².